The molecule has 0 spiro atoms. The van der Waals surface area contributed by atoms with Crippen LogP contribution in [0.3, 0.4) is 0 Å². The van der Waals surface area contributed by atoms with Gasteiger partial charge < -0.3 is 9.66 Å². The lowest BCUT2D eigenvalue weighted by Gasteiger charge is -2.19. The Hall–Kier alpha value is -2.96. The number of phenolic OH excluding ortho intramolecular Hbond substituents is 1. The van der Waals surface area contributed by atoms with Gasteiger partial charge in [-0.05, 0) is 72.0 Å². The Labute approximate surface area is 157 Å². The first-order valence-corrected chi connectivity index (χ1v) is 9.59. The maximum atomic E-state index is 11.8. The van der Waals surface area contributed by atoms with Gasteiger partial charge in [-0.25, -0.2) is 8.42 Å². The molecule has 0 unspecified atom stereocenters. The van der Waals surface area contributed by atoms with Crippen molar-refractivity contribution in [3.8, 4) is 5.75 Å². The minimum Gasteiger partial charge on any atom is -0.744 e. The molecule has 0 bridgehead atoms. The number of benzene rings is 2. The average molecular weight is 381 g/mol. The molecule has 0 amide bonds. The van der Waals surface area contributed by atoms with Crippen molar-refractivity contribution in [2.75, 3.05) is 0 Å². The molecule has 5 nitrogen and oxygen atoms in total. The van der Waals surface area contributed by atoms with Gasteiger partial charge in [0.1, 0.15) is 15.9 Å². The number of carbonyl (C=O) groups is 1. The first kappa shape index (κ1) is 18.8. The van der Waals surface area contributed by atoms with Crippen LogP contribution < -0.4 is 0 Å². The topological polar surface area (TPSA) is 94.5 Å². The second-order valence-electron chi connectivity index (χ2n) is 6.31. The van der Waals surface area contributed by atoms with E-state index in [0.29, 0.717) is 27.8 Å². The van der Waals surface area contributed by atoms with E-state index in [-0.39, 0.29) is 22.0 Å². The molecular weight excluding hydrogens is 364 g/mol. The molecular formula is C21H17O5S-. The third-order valence-electron chi connectivity index (χ3n) is 4.37. The third kappa shape index (κ3) is 3.77. The number of hydrogen-bond donors (Lipinski definition) is 1. The normalized spacial score (nSPS) is 16.3. The number of ketones is 1. The van der Waals surface area contributed by atoms with Crippen LogP contribution in [0, 0.1) is 6.92 Å². The first-order valence-electron chi connectivity index (χ1n) is 8.19. The van der Waals surface area contributed by atoms with E-state index in [0.717, 1.165) is 0 Å². The summed E-state index contributed by atoms with van der Waals surface area (Å²) >= 11 is 0. The van der Waals surface area contributed by atoms with Crippen molar-refractivity contribution < 1.29 is 22.9 Å². The van der Waals surface area contributed by atoms with E-state index < -0.39 is 10.1 Å². The van der Waals surface area contributed by atoms with Crippen molar-refractivity contribution in [3.63, 3.8) is 0 Å². The van der Waals surface area contributed by atoms with Gasteiger partial charge in [0, 0.05) is 5.56 Å². The standard InChI is InChI=1S/C21H18O5S/c1-13-11-15(7-9-18(13)22)21(16-8-10-19(23)14(2)12-16)17-5-3-4-6-20(17)27(24,25)26/h3-12,22H,1-2H3,(H,24,25,26)/p-1/b21-16+. The molecule has 2 aromatic carbocycles. The molecule has 138 valence electrons. The largest absolute Gasteiger partial charge is 0.744 e. The maximum absolute atomic E-state index is 11.8. The predicted molar refractivity (Wildman–Crippen MR) is 101 cm³/mol. The molecule has 0 saturated heterocycles. The lowest BCUT2D eigenvalue weighted by atomic mass is 9.88. The van der Waals surface area contributed by atoms with E-state index in [4.69, 9.17) is 0 Å². The van der Waals surface area contributed by atoms with Gasteiger partial charge in [0.25, 0.3) is 0 Å². The number of aryl methyl sites for hydroxylation is 1. The summed E-state index contributed by atoms with van der Waals surface area (Å²) in [6, 6.07) is 10.8. The molecule has 0 radical (unpaired) electrons. The van der Waals surface area contributed by atoms with Gasteiger partial charge in [0.05, 0.1) is 4.90 Å². The Balaban J connectivity index is 2.40. The fraction of sp³-hybridized carbons (Fsp3) is 0.0952. The van der Waals surface area contributed by atoms with Crippen molar-refractivity contribution >= 4 is 21.5 Å². The monoisotopic (exact) mass is 381 g/mol. The lowest BCUT2D eigenvalue weighted by Crippen LogP contribution is -2.06. The van der Waals surface area contributed by atoms with Gasteiger partial charge in [-0.2, -0.15) is 0 Å². The number of hydrogen-bond acceptors (Lipinski definition) is 5. The van der Waals surface area contributed by atoms with Crippen LogP contribution in [0.2, 0.25) is 0 Å². The molecule has 0 aliphatic heterocycles. The number of rotatable bonds is 3. The van der Waals surface area contributed by atoms with Gasteiger partial charge in [-0.1, -0.05) is 30.3 Å². The third-order valence-corrected chi connectivity index (χ3v) is 5.27. The molecule has 0 heterocycles. The quantitative estimate of drug-likeness (QED) is 0.821. The van der Waals surface area contributed by atoms with Crippen molar-refractivity contribution in [1.82, 2.24) is 0 Å². The van der Waals surface area contributed by atoms with E-state index in [1.807, 2.05) is 0 Å². The van der Waals surface area contributed by atoms with Crippen LogP contribution in [-0.4, -0.2) is 23.9 Å². The summed E-state index contributed by atoms with van der Waals surface area (Å²) < 4.78 is 35.4. The van der Waals surface area contributed by atoms with Gasteiger partial charge in [0.15, 0.2) is 5.78 Å². The summed E-state index contributed by atoms with van der Waals surface area (Å²) in [4.78, 5) is 11.5. The minimum atomic E-state index is -4.71. The summed E-state index contributed by atoms with van der Waals surface area (Å²) in [7, 11) is -4.71. The summed E-state index contributed by atoms with van der Waals surface area (Å²) in [5, 5.41) is 9.83. The van der Waals surface area contributed by atoms with Crippen LogP contribution in [-0.2, 0) is 14.9 Å². The molecule has 0 fully saturated rings. The highest BCUT2D eigenvalue weighted by Gasteiger charge is 2.19. The van der Waals surface area contributed by atoms with E-state index in [1.165, 1.54) is 24.3 Å². The van der Waals surface area contributed by atoms with Crippen LogP contribution in [0.15, 0.2) is 76.7 Å². The van der Waals surface area contributed by atoms with Crippen LogP contribution >= 0.6 is 0 Å². The van der Waals surface area contributed by atoms with Crippen LogP contribution in [0.5, 0.6) is 5.75 Å². The smallest absolute Gasteiger partial charge is 0.181 e. The Morgan fingerprint density at radius 3 is 2.37 bits per heavy atom. The Bertz CT molecular complexity index is 1130. The summed E-state index contributed by atoms with van der Waals surface area (Å²) in [5.74, 6) is -0.0290. The molecule has 27 heavy (non-hydrogen) atoms. The summed E-state index contributed by atoms with van der Waals surface area (Å²) in [5.41, 5.74) is 3.08. The second kappa shape index (κ2) is 6.98. The molecule has 0 atom stereocenters. The van der Waals surface area contributed by atoms with Crippen LogP contribution in [0.25, 0.3) is 5.57 Å². The highest BCUT2D eigenvalue weighted by molar-refractivity contribution is 7.85. The second-order valence-corrected chi connectivity index (χ2v) is 7.65. The number of allylic oxidation sites excluding steroid dienone is 5. The van der Waals surface area contributed by atoms with Gasteiger partial charge in [0.2, 0.25) is 0 Å². The van der Waals surface area contributed by atoms with E-state index in [9.17, 15) is 22.9 Å². The molecule has 1 aliphatic carbocycles. The molecule has 2 aromatic rings. The van der Waals surface area contributed by atoms with Crippen molar-refractivity contribution in [2.45, 2.75) is 18.7 Å². The van der Waals surface area contributed by atoms with E-state index >= 15 is 0 Å². The van der Waals surface area contributed by atoms with Gasteiger partial charge in [-0.15, -0.1) is 0 Å². The zero-order valence-electron chi connectivity index (χ0n) is 14.8. The summed E-state index contributed by atoms with van der Waals surface area (Å²) in [6.45, 7) is 3.39. The number of phenols is 1. The zero-order chi connectivity index (χ0) is 19.8. The number of aromatic hydroxyl groups is 1. The van der Waals surface area contributed by atoms with Crippen molar-refractivity contribution in [2.24, 2.45) is 0 Å². The first-order chi connectivity index (χ1) is 12.7. The zero-order valence-corrected chi connectivity index (χ0v) is 15.6. The molecule has 0 aromatic heterocycles. The molecule has 1 N–H and O–H groups in total. The fourth-order valence-electron chi connectivity index (χ4n) is 2.98. The van der Waals surface area contributed by atoms with Gasteiger partial charge in [-0.3, -0.25) is 4.79 Å². The van der Waals surface area contributed by atoms with Crippen molar-refractivity contribution in [1.29, 1.82) is 0 Å². The predicted octanol–water partition coefficient (Wildman–Crippen LogP) is 3.49. The Morgan fingerprint density at radius 1 is 1.04 bits per heavy atom. The Morgan fingerprint density at radius 2 is 1.74 bits per heavy atom. The fourth-order valence-corrected chi connectivity index (χ4v) is 3.67. The molecule has 6 heteroatoms. The summed E-state index contributed by atoms with van der Waals surface area (Å²) in [6.07, 6.45) is 4.67. The van der Waals surface area contributed by atoms with E-state index in [1.54, 1.807) is 50.3 Å². The number of carbonyl (C=O) groups excluding carboxylic acids is 1. The molecule has 0 saturated carbocycles. The van der Waals surface area contributed by atoms with Crippen LogP contribution in [0.4, 0.5) is 0 Å². The van der Waals surface area contributed by atoms with E-state index in [2.05, 4.69) is 0 Å². The maximum Gasteiger partial charge on any atom is 0.181 e. The highest BCUT2D eigenvalue weighted by Crippen LogP contribution is 2.35. The van der Waals surface area contributed by atoms with Crippen molar-refractivity contribution in [3.05, 3.63) is 88.5 Å². The SMILES string of the molecule is CC1=C/C(=C(\c2ccc(O)c(C)c2)c2ccccc2S(=O)(=O)[O-])C=CC1=O. The highest BCUT2D eigenvalue weighted by atomic mass is 32.2. The average Bonchev–Trinajstić information content (AvgIpc) is 2.61. The lowest BCUT2D eigenvalue weighted by molar-refractivity contribution is -0.111. The molecule has 3 rings (SSSR count). The van der Waals surface area contributed by atoms with Gasteiger partial charge >= 0.3 is 0 Å². The molecule has 1 aliphatic rings. The Kier molecular flexibility index (Phi) is 4.87. The van der Waals surface area contributed by atoms with Crippen LogP contribution in [0.1, 0.15) is 23.6 Å². The minimum absolute atomic E-state index is 0.105.